The van der Waals surface area contributed by atoms with E-state index >= 15 is 0 Å². The van der Waals surface area contributed by atoms with Gasteiger partial charge < -0.3 is 14.5 Å². The minimum atomic E-state index is -0.320. The van der Waals surface area contributed by atoms with Crippen molar-refractivity contribution in [2.75, 3.05) is 12.4 Å². The van der Waals surface area contributed by atoms with Gasteiger partial charge in [-0.1, -0.05) is 40.9 Å². The molecule has 0 fully saturated rings. The third kappa shape index (κ3) is 4.74. The molecule has 0 bridgehead atoms. The minimum Gasteiger partial charge on any atom is -0.495 e. The van der Waals surface area contributed by atoms with Crippen molar-refractivity contribution < 1.29 is 13.9 Å². The van der Waals surface area contributed by atoms with Crippen molar-refractivity contribution in [3.8, 4) is 17.2 Å². The van der Waals surface area contributed by atoms with Crippen LogP contribution >= 0.6 is 23.2 Å². The normalized spacial score (nSPS) is 11.2. The molecule has 3 aromatic carbocycles. The van der Waals surface area contributed by atoms with Gasteiger partial charge in [-0.3, -0.25) is 4.79 Å². The van der Waals surface area contributed by atoms with Gasteiger partial charge in [0, 0.05) is 27.9 Å². The first-order chi connectivity index (χ1) is 14.9. The van der Waals surface area contributed by atoms with Gasteiger partial charge in [0.2, 0.25) is 11.8 Å². The van der Waals surface area contributed by atoms with Crippen molar-refractivity contribution in [3.05, 3.63) is 81.8 Å². The number of rotatable bonds is 5. The van der Waals surface area contributed by atoms with Gasteiger partial charge in [0.15, 0.2) is 5.58 Å². The quantitative estimate of drug-likeness (QED) is 0.339. The number of aromatic nitrogens is 1. The third-order valence-electron chi connectivity index (χ3n) is 4.61. The van der Waals surface area contributed by atoms with Gasteiger partial charge in [0.25, 0.3) is 0 Å². The Bertz CT molecular complexity index is 1290. The predicted octanol–water partition coefficient (Wildman–Crippen LogP) is 6.77. The molecule has 31 heavy (non-hydrogen) atoms. The summed E-state index contributed by atoms with van der Waals surface area (Å²) in [6, 6.07) is 16.5. The predicted molar refractivity (Wildman–Crippen MR) is 125 cm³/mol. The number of aryl methyl sites for hydroxylation is 1. The van der Waals surface area contributed by atoms with E-state index in [4.69, 9.17) is 32.4 Å². The standard InChI is InChI=1S/C24H18Cl2N2O3/c1-14-3-5-15(6-4-14)24-28-20-13-18(8-9-21(20)31-24)27-22(29)10-7-16-11-17(25)12-19(26)23(16)30-2/h3-13H,1-2H3,(H,27,29)/b10-7+. The van der Waals surface area contributed by atoms with Gasteiger partial charge in [-0.25, -0.2) is 4.98 Å². The number of hydrogen-bond acceptors (Lipinski definition) is 4. The lowest BCUT2D eigenvalue weighted by molar-refractivity contribution is -0.111. The van der Waals surface area contributed by atoms with Gasteiger partial charge >= 0.3 is 0 Å². The molecule has 156 valence electrons. The van der Waals surface area contributed by atoms with Crippen LogP contribution in [0.3, 0.4) is 0 Å². The molecule has 0 aliphatic heterocycles. The number of carbonyl (C=O) groups excluding carboxylic acids is 1. The van der Waals surface area contributed by atoms with E-state index < -0.39 is 0 Å². The third-order valence-corrected chi connectivity index (χ3v) is 5.11. The molecule has 4 aromatic rings. The zero-order valence-corrected chi connectivity index (χ0v) is 18.3. The first-order valence-electron chi connectivity index (χ1n) is 9.42. The fraction of sp³-hybridized carbons (Fsp3) is 0.0833. The summed E-state index contributed by atoms with van der Waals surface area (Å²) in [6.45, 7) is 2.02. The van der Waals surface area contributed by atoms with E-state index in [0.29, 0.717) is 44.0 Å². The maximum absolute atomic E-state index is 12.4. The number of amides is 1. The van der Waals surface area contributed by atoms with Crippen LogP contribution in [-0.2, 0) is 4.79 Å². The van der Waals surface area contributed by atoms with Gasteiger partial charge in [-0.2, -0.15) is 0 Å². The number of oxazole rings is 1. The minimum absolute atomic E-state index is 0.320. The summed E-state index contributed by atoms with van der Waals surface area (Å²) in [4.78, 5) is 16.9. The summed E-state index contributed by atoms with van der Waals surface area (Å²) in [7, 11) is 1.50. The van der Waals surface area contributed by atoms with E-state index in [1.807, 2.05) is 31.2 Å². The Balaban J connectivity index is 1.53. The molecule has 0 saturated carbocycles. The number of nitrogens with zero attached hydrogens (tertiary/aromatic N) is 1. The Morgan fingerprint density at radius 2 is 1.87 bits per heavy atom. The molecule has 1 amide bonds. The molecule has 1 aromatic heterocycles. The van der Waals surface area contributed by atoms with Crippen LogP contribution in [0.4, 0.5) is 5.69 Å². The Kier molecular flexibility index (Phi) is 5.98. The van der Waals surface area contributed by atoms with E-state index in [1.165, 1.54) is 13.2 Å². The summed E-state index contributed by atoms with van der Waals surface area (Å²) >= 11 is 12.2. The van der Waals surface area contributed by atoms with E-state index in [1.54, 1.807) is 36.4 Å². The lowest BCUT2D eigenvalue weighted by Gasteiger charge is -2.08. The summed E-state index contributed by atoms with van der Waals surface area (Å²) in [6.07, 6.45) is 2.98. The average Bonchev–Trinajstić information content (AvgIpc) is 3.16. The number of halogens is 2. The van der Waals surface area contributed by atoms with Crippen molar-refractivity contribution >= 4 is 52.0 Å². The Labute approximate surface area is 189 Å². The van der Waals surface area contributed by atoms with E-state index in [-0.39, 0.29) is 5.91 Å². The molecule has 0 aliphatic rings. The number of ether oxygens (including phenoxy) is 1. The number of anilines is 1. The van der Waals surface area contributed by atoms with Gasteiger partial charge in [-0.15, -0.1) is 0 Å². The van der Waals surface area contributed by atoms with Crippen molar-refractivity contribution in [1.29, 1.82) is 0 Å². The molecule has 0 saturated heterocycles. The van der Waals surface area contributed by atoms with Crippen LogP contribution in [0.1, 0.15) is 11.1 Å². The lowest BCUT2D eigenvalue weighted by Crippen LogP contribution is -2.07. The lowest BCUT2D eigenvalue weighted by atomic mass is 10.1. The molecule has 7 heteroatoms. The van der Waals surface area contributed by atoms with Crippen molar-refractivity contribution in [2.24, 2.45) is 0 Å². The molecule has 5 nitrogen and oxygen atoms in total. The number of nitrogens with one attached hydrogen (secondary N) is 1. The van der Waals surface area contributed by atoms with E-state index in [0.717, 1.165) is 11.1 Å². The zero-order chi connectivity index (χ0) is 22.0. The number of fused-ring (bicyclic) bond motifs is 1. The first kappa shape index (κ1) is 21.0. The first-order valence-corrected chi connectivity index (χ1v) is 10.2. The second kappa shape index (κ2) is 8.84. The highest BCUT2D eigenvalue weighted by atomic mass is 35.5. The Morgan fingerprint density at radius 1 is 1.10 bits per heavy atom. The molecule has 0 spiro atoms. The van der Waals surface area contributed by atoms with Gasteiger partial charge in [-0.05, 0) is 55.5 Å². The topological polar surface area (TPSA) is 64.4 Å². The molecule has 0 radical (unpaired) electrons. The van der Waals surface area contributed by atoms with E-state index in [2.05, 4.69) is 10.3 Å². The highest BCUT2D eigenvalue weighted by molar-refractivity contribution is 6.36. The fourth-order valence-corrected chi connectivity index (χ4v) is 3.68. The summed E-state index contributed by atoms with van der Waals surface area (Å²) in [5, 5.41) is 3.64. The molecule has 4 rings (SSSR count). The highest BCUT2D eigenvalue weighted by Crippen LogP contribution is 2.33. The summed E-state index contributed by atoms with van der Waals surface area (Å²) in [5.41, 5.74) is 4.55. The maximum Gasteiger partial charge on any atom is 0.248 e. The smallest absolute Gasteiger partial charge is 0.248 e. The molecule has 0 atom stereocenters. The SMILES string of the molecule is COc1c(Cl)cc(Cl)cc1/C=C/C(=O)Nc1ccc2oc(-c3ccc(C)cc3)nc2c1. The maximum atomic E-state index is 12.4. The number of hydrogen-bond donors (Lipinski definition) is 1. The Hall–Kier alpha value is -3.28. The van der Waals surface area contributed by atoms with Crippen molar-refractivity contribution in [3.63, 3.8) is 0 Å². The second-order valence-corrected chi connectivity index (χ2v) is 7.74. The molecule has 1 heterocycles. The van der Waals surface area contributed by atoms with Crippen LogP contribution in [0.5, 0.6) is 5.75 Å². The molecular formula is C24H18Cl2N2O3. The monoisotopic (exact) mass is 452 g/mol. The summed E-state index contributed by atoms with van der Waals surface area (Å²) in [5.74, 6) is 0.658. The van der Waals surface area contributed by atoms with Crippen LogP contribution in [0, 0.1) is 6.92 Å². The summed E-state index contributed by atoms with van der Waals surface area (Å²) < 4.78 is 11.1. The van der Waals surface area contributed by atoms with Crippen molar-refractivity contribution in [1.82, 2.24) is 4.98 Å². The number of methoxy groups -OCH3 is 1. The largest absolute Gasteiger partial charge is 0.495 e. The number of carbonyl (C=O) groups is 1. The van der Waals surface area contributed by atoms with Gasteiger partial charge in [0.05, 0.1) is 12.1 Å². The fourth-order valence-electron chi connectivity index (χ4n) is 3.09. The Morgan fingerprint density at radius 3 is 2.61 bits per heavy atom. The van der Waals surface area contributed by atoms with Crippen LogP contribution in [-0.4, -0.2) is 18.0 Å². The molecule has 1 N–H and O–H groups in total. The number of benzene rings is 3. The molecule has 0 unspecified atom stereocenters. The second-order valence-electron chi connectivity index (χ2n) is 6.90. The molecule has 0 aliphatic carbocycles. The van der Waals surface area contributed by atoms with Crippen LogP contribution in [0.25, 0.3) is 28.6 Å². The van der Waals surface area contributed by atoms with Crippen molar-refractivity contribution in [2.45, 2.75) is 6.92 Å². The van der Waals surface area contributed by atoms with Crippen LogP contribution in [0.15, 0.2) is 65.1 Å². The average molecular weight is 453 g/mol. The van der Waals surface area contributed by atoms with Crippen LogP contribution in [0.2, 0.25) is 10.0 Å². The molecular weight excluding hydrogens is 435 g/mol. The van der Waals surface area contributed by atoms with E-state index in [9.17, 15) is 4.79 Å². The van der Waals surface area contributed by atoms with Crippen LogP contribution < -0.4 is 10.1 Å². The zero-order valence-electron chi connectivity index (χ0n) is 16.8. The van der Waals surface area contributed by atoms with Gasteiger partial charge in [0.1, 0.15) is 11.3 Å². The highest BCUT2D eigenvalue weighted by Gasteiger charge is 2.10.